The van der Waals surface area contributed by atoms with Crippen molar-refractivity contribution in [3.05, 3.63) is 0 Å². The Balaban J connectivity index is 2.79. The molecule has 0 aromatic rings. The fourth-order valence-electron chi connectivity index (χ4n) is 2.62. The van der Waals surface area contributed by atoms with Gasteiger partial charge in [0.15, 0.2) is 0 Å². The van der Waals surface area contributed by atoms with Crippen LogP contribution in [0.4, 0.5) is 13.2 Å². The molecule has 0 radical (unpaired) electrons. The number of amides is 1. The largest absolute Gasteiger partial charge is 0.401 e. The highest BCUT2D eigenvalue weighted by Crippen LogP contribution is 2.37. The molecule has 1 aliphatic carbocycles. The smallest absolute Gasteiger partial charge is 0.368 e. The predicted molar refractivity (Wildman–Crippen MR) is 58.2 cm³/mol. The summed E-state index contributed by atoms with van der Waals surface area (Å²) < 4.78 is 36.7. The van der Waals surface area contributed by atoms with Crippen molar-refractivity contribution in [3.8, 4) is 0 Å². The van der Waals surface area contributed by atoms with Gasteiger partial charge in [0.05, 0.1) is 6.54 Å². The molecule has 1 rings (SSSR count). The number of nitrogens with one attached hydrogen (secondary N) is 1. The van der Waals surface area contributed by atoms with Crippen molar-refractivity contribution in [2.75, 3.05) is 6.54 Å². The van der Waals surface area contributed by atoms with E-state index in [1.165, 1.54) is 0 Å². The maximum absolute atomic E-state index is 12.2. The molecule has 3 atom stereocenters. The molecule has 1 saturated carbocycles. The molecule has 1 fully saturated rings. The molecular formula is C11H19F3N2O. The van der Waals surface area contributed by atoms with Gasteiger partial charge in [-0.2, -0.15) is 13.2 Å². The van der Waals surface area contributed by atoms with Gasteiger partial charge in [0.2, 0.25) is 5.91 Å². The first-order chi connectivity index (χ1) is 7.67. The summed E-state index contributed by atoms with van der Waals surface area (Å²) in [6, 6.07) is 0. The molecule has 3 unspecified atom stereocenters. The molecule has 0 saturated heterocycles. The molecule has 17 heavy (non-hydrogen) atoms. The first-order valence-corrected chi connectivity index (χ1v) is 5.79. The topological polar surface area (TPSA) is 55.1 Å². The quantitative estimate of drug-likeness (QED) is 0.805. The number of hydrogen-bond acceptors (Lipinski definition) is 2. The zero-order valence-corrected chi connectivity index (χ0v) is 10.1. The Morgan fingerprint density at radius 2 is 2.06 bits per heavy atom. The van der Waals surface area contributed by atoms with Gasteiger partial charge in [-0.05, 0) is 31.1 Å². The van der Waals surface area contributed by atoms with Crippen molar-refractivity contribution < 1.29 is 18.0 Å². The average molecular weight is 252 g/mol. The number of carbonyl (C=O) groups excluding carboxylic acids is 1. The van der Waals surface area contributed by atoms with Crippen LogP contribution in [0.5, 0.6) is 0 Å². The number of primary amides is 1. The van der Waals surface area contributed by atoms with Crippen LogP contribution < -0.4 is 11.1 Å². The third-order valence-electron chi connectivity index (χ3n) is 3.67. The van der Waals surface area contributed by atoms with E-state index in [1.54, 1.807) is 6.92 Å². The SMILES string of the molecule is CC1CCC(NCC(F)(F)F)(C(N)=O)C(C)C1. The summed E-state index contributed by atoms with van der Waals surface area (Å²) in [4.78, 5) is 11.5. The number of rotatable bonds is 3. The van der Waals surface area contributed by atoms with E-state index in [0.29, 0.717) is 18.8 Å². The molecule has 1 amide bonds. The Bertz CT molecular complexity index is 293. The minimum atomic E-state index is -4.33. The third kappa shape index (κ3) is 3.34. The molecule has 3 N–H and O–H groups in total. The van der Waals surface area contributed by atoms with E-state index >= 15 is 0 Å². The van der Waals surface area contributed by atoms with Crippen LogP contribution in [-0.2, 0) is 4.79 Å². The molecule has 0 aromatic heterocycles. The van der Waals surface area contributed by atoms with Gasteiger partial charge in [-0.15, -0.1) is 0 Å². The van der Waals surface area contributed by atoms with Gasteiger partial charge < -0.3 is 5.73 Å². The lowest BCUT2D eigenvalue weighted by Crippen LogP contribution is -2.63. The minimum absolute atomic E-state index is 0.175. The van der Waals surface area contributed by atoms with Crippen LogP contribution >= 0.6 is 0 Å². The molecule has 0 aliphatic heterocycles. The summed E-state index contributed by atoms with van der Waals surface area (Å²) in [7, 11) is 0. The van der Waals surface area contributed by atoms with Gasteiger partial charge in [0.1, 0.15) is 5.54 Å². The Labute approximate surface area is 98.9 Å². The Kier molecular flexibility index (Phi) is 4.06. The van der Waals surface area contributed by atoms with Crippen molar-refractivity contribution in [1.29, 1.82) is 0 Å². The summed E-state index contributed by atoms with van der Waals surface area (Å²) in [5.41, 5.74) is 4.09. The van der Waals surface area contributed by atoms with Crippen molar-refractivity contribution in [2.24, 2.45) is 17.6 Å². The number of halogens is 3. The molecule has 100 valence electrons. The highest BCUT2D eigenvalue weighted by molar-refractivity contribution is 5.85. The highest BCUT2D eigenvalue weighted by atomic mass is 19.4. The summed E-state index contributed by atoms with van der Waals surface area (Å²) in [5, 5.41) is 2.35. The van der Waals surface area contributed by atoms with Gasteiger partial charge >= 0.3 is 6.18 Å². The highest BCUT2D eigenvalue weighted by Gasteiger charge is 2.46. The van der Waals surface area contributed by atoms with Crippen LogP contribution in [0.1, 0.15) is 33.1 Å². The zero-order chi connectivity index (χ0) is 13.3. The lowest BCUT2D eigenvalue weighted by Gasteiger charge is -2.43. The lowest BCUT2D eigenvalue weighted by molar-refractivity contribution is -0.141. The van der Waals surface area contributed by atoms with Crippen LogP contribution in [0.3, 0.4) is 0 Å². The molecule has 3 nitrogen and oxygen atoms in total. The van der Waals surface area contributed by atoms with Crippen LogP contribution in [0.15, 0.2) is 0 Å². The van der Waals surface area contributed by atoms with Crippen molar-refractivity contribution >= 4 is 5.91 Å². The summed E-state index contributed by atoms with van der Waals surface area (Å²) >= 11 is 0. The standard InChI is InChI=1S/C11H19F3N2O/c1-7-3-4-10(9(15)17,8(2)5-7)16-6-11(12,13)14/h7-8,16H,3-6H2,1-2H3,(H2,15,17). The third-order valence-corrected chi connectivity index (χ3v) is 3.67. The lowest BCUT2D eigenvalue weighted by atomic mass is 9.69. The molecule has 6 heteroatoms. The van der Waals surface area contributed by atoms with Gasteiger partial charge in [0, 0.05) is 0 Å². The fraction of sp³-hybridized carbons (Fsp3) is 0.909. The van der Waals surface area contributed by atoms with Crippen LogP contribution in [-0.4, -0.2) is 24.2 Å². The summed E-state index contributed by atoms with van der Waals surface area (Å²) in [6.07, 6.45) is -2.52. The second kappa shape index (κ2) is 4.84. The normalized spacial score (nSPS) is 34.6. The van der Waals surface area contributed by atoms with Crippen molar-refractivity contribution in [1.82, 2.24) is 5.32 Å². The van der Waals surface area contributed by atoms with Crippen LogP contribution in [0.25, 0.3) is 0 Å². The molecule has 0 bridgehead atoms. The summed E-state index contributed by atoms with van der Waals surface area (Å²) in [5.74, 6) is -0.433. The Morgan fingerprint density at radius 3 is 2.47 bits per heavy atom. The monoisotopic (exact) mass is 252 g/mol. The Morgan fingerprint density at radius 1 is 1.47 bits per heavy atom. The minimum Gasteiger partial charge on any atom is -0.368 e. The van der Waals surface area contributed by atoms with E-state index in [-0.39, 0.29) is 5.92 Å². The van der Waals surface area contributed by atoms with E-state index in [1.807, 2.05) is 6.92 Å². The molecule has 0 spiro atoms. The fourth-order valence-corrected chi connectivity index (χ4v) is 2.62. The second-order valence-corrected chi connectivity index (χ2v) is 5.08. The van der Waals surface area contributed by atoms with E-state index in [0.717, 1.165) is 6.42 Å². The first kappa shape index (κ1) is 14.3. The molecule has 0 aromatic carbocycles. The molecule has 1 aliphatic rings. The molecule has 0 heterocycles. The van der Waals surface area contributed by atoms with E-state index in [4.69, 9.17) is 5.73 Å². The number of alkyl halides is 3. The van der Waals surface area contributed by atoms with E-state index < -0.39 is 24.2 Å². The van der Waals surface area contributed by atoms with Gasteiger partial charge in [-0.1, -0.05) is 13.8 Å². The van der Waals surface area contributed by atoms with E-state index in [2.05, 4.69) is 5.32 Å². The van der Waals surface area contributed by atoms with Crippen LogP contribution in [0.2, 0.25) is 0 Å². The van der Waals surface area contributed by atoms with E-state index in [9.17, 15) is 18.0 Å². The predicted octanol–water partition coefficient (Wildman–Crippen LogP) is 1.82. The second-order valence-electron chi connectivity index (χ2n) is 5.08. The summed E-state index contributed by atoms with van der Waals surface area (Å²) in [6.45, 7) is 2.64. The van der Waals surface area contributed by atoms with Gasteiger partial charge in [-0.25, -0.2) is 0 Å². The van der Waals surface area contributed by atoms with Gasteiger partial charge in [-0.3, -0.25) is 10.1 Å². The number of carbonyl (C=O) groups is 1. The van der Waals surface area contributed by atoms with Crippen LogP contribution in [0, 0.1) is 11.8 Å². The number of nitrogens with two attached hydrogens (primary N) is 1. The zero-order valence-electron chi connectivity index (χ0n) is 10.1. The maximum atomic E-state index is 12.2. The van der Waals surface area contributed by atoms with Crippen molar-refractivity contribution in [3.63, 3.8) is 0 Å². The average Bonchev–Trinajstić information content (AvgIpc) is 2.15. The van der Waals surface area contributed by atoms with Crippen molar-refractivity contribution in [2.45, 2.75) is 44.8 Å². The molecular weight excluding hydrogens is 233 g/mol. The first-order valence-electron chi connectivity index (χ1n) is 5.79. The van der Waals surface area contributed by atoms with Gasteiger partial charge in [0.25, 0.3) is 0 Å². The maximum Gasteiger partial charge on any atom is 0.401 e. The number of hydrogen-bond donors (Lipinski definition) is 2. The Hall–Kier alpha value is -0.780.